The van der Waals surface area contributed by atoms with Crippen molar-refractivity contribution in [3.63, 3.8) is 0 Å². The van der Waals surface area contributed by atoms with E-state index in [0.29, 0.717) is 23.0 Å². The Kier molecular flexibility index (Phi) is 3.89. The van der Waals surface area contributed by atoms with Gasteiger partial charge >= 0.3 is 0 Å². The van der Waals surface area contributed by atoms with E-state index in [-0.39, 0.29) is 12.7 Å². The van der Waals surface area contributed by atoms with Crippen molar-refractivity contribution < 1.29 is 14.2 Å². The fourth-order valence-corrected chi connectivity index (χ4v) is 4.42. The lowest BCUT2D eigenvalue weighted by molar-refractivity contribution is 0.174. The lowest BCUT2D eigenvalue weighted by atomic mass is 9.84. The molecule has 1 aromatic heterocycles. The Balaban J connectivity index is 1.55. The number of fused-ring (bicyclic) bond motifs is 3. The molecule has 0 aliphatic carbocycles. The maximum atomic E-state index is 9.89. The number of nitrogens with two attached hydrogens (primary N) is 1. The summed E-state index contributed by atoms with van der Waals surface area (Å²) in [7, 11) is 0. The molecule has 7 heteroatoms. The second-order valence-corrected chi connectivity index (χ2v) is 7.78. The van der Waals surface area contributed by atoms with Crippen LogP contribution < -0.4 is 19.9 Å². The lowest BCUT2D eigenvalue weighted by Crippen LogP contribution is -2.22. The number of aryl methyl sites for hydroxylation is 1. The standard InChI is InChI=1S/C25H18N4O3/c1-14-22-23(17-7-9-20-21(11-17)31-13-30-20)19(12-26)24(27)32-25(22)29(28-14)18-8-6-15-4-2-3-5-16(15)10-18/h2-11,23H,13,27H2,1H3/t23-/m0/s1. The molecule has 0 saturated heterocycles. The van der Waals surface area contributed by atoms with Gasteiger partial charge in [0, 0.05) is 0 Å². The Labute approximate surface area is 183 Å². The smallest absolute Gasteiger partial charge is 0.231 e. The second-order valence-electron chi connectivity index (χ2n) is 7.78. The number of nitrogens with zero attached hydrogens (tertiary/aromatic N) is 3. The first kappa shape index (κ1) is 18.3. The van der Waals surface area contributed by atoms with Crippen LogP contribution in [0.3, 0.4) is 0 Å². The van der Waals surface area contributed by atoms with Crippen molar-refractivity contribution in [2.75, 3.05) is 6.79 Å². The van der Waals surface area contributed by atoms with Crippen molar-refractivity contribution in [1.29, 1.82) is 5.26 Å². The van der Waals surface area contributed by atoms with Gasteiger partial charge < -0.3 is 19.9 Å². The number of benzene rings is 3. The maximum Gasteiger partial charge on any atom is 0.231 e. The van der Waals surface area contributed by atoms with Gasteiger partial charge in [0.2, 0.25) is 18.6 Å². The quantitative estimate of drug-likeness (QED) is 0.518. The molecular weight excluding hydrogens is 404 g/mol. The van der Waals surface area contributed by atoms with E-state index >= 15 is 0 Å². The van der Waals surface area contributed by atoms with Crippen LogP contribution in [-0.2, 0) is 0 Å². The van der Waals surface area contributed by atoms with Crippen molar-refractivity contribution in [3.05, 3.63) is 88.9 Å². The fourth-order valence-electron chi connectivity index (χ4n) is 4.42. The first-order valence-electron chi connectivity index (χ1n) is 10.2. The largest absolute Gasteiger partial charge is 0.454 e. The number of aromatic nitrogens is 2. The highest BCUT2D eigenvalue weighted by atomic mass is 16.7. The third-order valence-electron chi connectivity index (χ3n) is 5.94. The normalized spacial score (nSPS) is 16.6. The molecule has 2 aliphatic rings. The van der Waals surface area contributed by atoms with Gasteiger partial charge in [-0.25, -0.2) is 4.68 Å². The molecular formula is C25H18N4O3. The number of hydrogen-bond acceptors (Lipinski definition) is 6. The molecule has 7 nitrogen and oxygen atoms in total. The molecule has 0 fully saturated rings. The third kappa shape index (κ3) is 2.63. The summed E-state index contributed by atoms with van der Waals surface area (Å²) in [5.41, 5.74) is 9.86. The minimum atomic E-state index is -0.424. The average Bonchev–Trinajstić information content (AvgIpc) is 3.41. The molecule has 0 spiro atoms. The zero-order valence-electron chi connectivity index (χ0n) is 17.2. The first-order valence-corrected chi connectivity index (χ1v) is 10.2. The SMILES string of the molecule is Cc1nn(-c2ccc3ccccc3c2)c2c1[C@@H](c1ccc3c(c1)OCO3)C(C#N)=C(N)O2. The zero-order valence-corrected chi connectivity index (χ0v) is 17.2. The molecule has 2 aliphatic heterocycles. The molecule has 3 aromatic carbocycles. The molecule has 6 rings (SSSR count). The van der Waals surface area contributed by atoms with E-state index in [4.69, 9.17) is 25.0 Å². The Hall–Kier alpha value is -4.44. The molecule has 1 atom stereocenters. The van der Waals surface area contributed by atoms with Crippen LogP contribution in [0.2, 0.25) is 0 Å². The van der Waals surface area contributed by atoms with Crippen LogP contribution in [-0.4, -0.2) is 16.6 Å². The van der Waals surface area contributed by atoms with Crippen LogP contribution in [0.25, 0.3) is 16.5 Å². The van der Waals surface area contributed by atoms with Gasteiger partial charge in [-0.15, -0.1) is 0 Å². The predicted octanol–water partition coefficient (Wildman–Crippen LogP) is 4.28. The molecule has 32 heavy (non-hydrogen) atoms. The van der Waals surface area contributed by atoms with E-state index in [1.54, 1.807) is 4.68 Å². The summed E-state index contributed by atoms with van der Waals surface area (Å²) < 4.78 is 18.7. The van der Waals surface area contributed by atoms with Crippen LogP contribution in [0.15, 0.2) is 72.1 Å². The zero-order chi connectivity index (χ0) is 21.8. The number of allylic oxidation sites excluding steroid dienone is 1. The highest BCUT2D eigenvalue weighted by Gasteiger charge is 2.36. The number of rotatable bonds is 2. The minimum Gasteiger partial charge on any atom is -0.454 e. The van der Waals surface area contributed by atoms with Crippen LogP contribution in [0.4, 0.5) is 0 Å². The van der Waals surface area contributed by atoms with Crippen LogP contribution in [0.1, 0.15) is 22.7 Å². The van der Waals surface area contributed by atoms with Crippen LogP contribution >= 0.6 is 0 Å². The van der Waals surface area contributed by atoms with Gasteiger partial charge in [-0.05, 0) is 47.5 Å². The summed E-state index contributed by atoms with van der Waals surface area (Å²) in [6, 6.07) is 22.1. The number of nitriles is 1. The van der Waals surface area contributed by atoms with E-state index in [1.807, 2.05) is 49.4 Å². The van der Waals surface area contributed by atoms with Crippen molar-refractivity contribution in [1.82, 2.24) is 9.78 Å². The molecule has 0 amide bonds. The summed E-state index contributed by atoms with van der Waals surface area (Å²) >= 11 is 0. The third-order valence-corrected chi connectivity index (χ3v) is 5.94. The van der Waals surface area contributed by atoms with E-state index in [9.17, 15) is 5.26 Å². The van der Waals surface area contributed by atoms with E-state index in [2.05, 4.69) is 24.3 Å². The summed E-state index contributed by atoms with van der Waals surface area (Å²) in [6.45, 7) is 2.09. The van der Waals surface area contributed by atoms with Crippen molar-refractivity contribution in [3.8, 4) is 29.1 Å². The monoisotopic (exact) mass is 422 g/mol. The second kappa shape index (κ2) is 6.79. The molecule has 3 heterocycles. The van der Waals surface area contributed by atoms with Gasteiger partial charge in [0.15, 0.2) is 11.5 Å². The maximum absolute atomic E-state index is 9.89. The molecule has 0 bridgehead atoms. The molecule has 0 unspecified atom stereocenters. The highest BCUT2D eigenvalue weighted by molar-refractivity contribution is 5.84. The number of hydrogen-bond donors (Lipinski definition) is 1. The fraction of sp³-hybridized carbons (Fsp3) is 0.120. The molecule has 0 saturated carbocycles. The first-order chi connectivity index (χ1) is 15.6. The number of ether oxygens (including phenoxy) is 3. The van der Waals surface area contributed by atoms with Gasteiger partial charge in [0.25, 0.3) is 0 Å². The Morgan fingerprint density at radius 1 is 1.03 bits per heavy atom. The predicted molar refractivity (Wildman–Crippen MR) is 118 cm³/mol. The van der Waals surface area contributed by atoms with Crippen LogP contribution in [0, 0.1) is 18.3 Å². The lowest BCUT2D eigenvalue weighted by Gasteiger charge is -2.25. The molecule has 4 aromatic rings. The Bertz CT molecular complexity index is 1480. The van der Waals surface area contributed by atoms with Crippen LogP contribution in [0.5, 0.6) is 17.4 Å². The average molecular weight is 422 g/mol. The molecule has 0 radical (unpaired) electrons. The Morgan fingerprint density at radius 2 is 1.84 bits per heavy atom. The summed E-state index contributed by atoms with van der Waals surface area (Å²) in [6.07, 6.45) is 0. The summed E-state index contributed by atoms with van der Waals surface area (Å²) in [4.78, 5) is 0. The van der Waals surface area contributed by atoms with Gasteiger partial charge in [-0.1, -0.05) is 36.4 Å². The van der Waals surface area contributed by atoms with Gasteiger partial charge in [-0.2, -0.15) is 10.4 Å². The van der Waals surface area contributed by atoms with Crippen molar-refractivity contribution >= 4 is 10.8 Å². The molecule has 156 valence electrons. The molecule has 2 N–H and O–H groups in total. The van der Waals surface area contributed by atoms with Gasteiger partial charge in [-0.3, -0.25) is 0 Å². The van der Waals surface area contributed by atoms with E-state index in [0.717, 1.165) is 33.3 Å². The summed E-state index contributed by atoms with van der Waals surface area (Å²) in [5.74, 6) is 1.49. The highest BCUT2D eigenvalue weighted by Crippen LogP contribution is 2.46. The minimum absolute atomic E-state index is 0.0737. The van der Waals surface area contributed by atoms with Gasteiger partial charge in [0.1, 0.15) is 11.6 Å². The van der Waals surface area contributed by atoms with Crippen molar-refractivity contribution in [2.45, 2.75) is 12.8 Å². The summed E-state index contributed by atoms with van der Waals surface area (Å²) in [5, 5.41) is 16.9. The van der Waals surface area contributed by atoms with E-state index in [1.165, 1.54) is 0 Å². The van der Waals surface area contributed by atoms with Crippen molar-refractivity contribution in [2.24, 2.45) is 5.73 Å². The Morgan fingerprint density at radius 3 is 2.69 bits per heavy atom. The van der Waals surface area contributed by atoms with E-state index < -0.39 is 5.92 Å². The van der Waals surface area contributed by atoms with Gasteiger partial charge in [0.05, 0.1) is 22.9 Å². The topological polar surface area (TPSA) is 95.3 Å².